The molecule has 0 saturated heterocycles. The van der Waals surface area contributed by atoms with Crippen molar-refractivity contribution >= 4 is 12.0 Å². The topological polar surface area (TPSA) is 77.2 Å². The molecule has 0 unspecified atom stereocenters. The predicted octanol–water partition coefficient (Wildman–Crippen LogP) is 2.01. The number of hydrogen-bond donors (Lipinski definition) is 1. The second-order valence-electron chi connectivity index (χ2n) is 4.01. The van der Waals surface area contributed by atoms with E-state index in [1.54, 1.807) is 36.4 Å². The lowest BCUT2D eigenvalue weighted by atomic mass is 10.2. The molecule has 98 valence electrons. The molecule has 2 rings (SSSR count). The number of aryl methyl sites for hydroxylation is 2. The number of pyridine rings is 1. The minimum absolute atomic E-state index is 0.473. The number of hydrogen-bond acceptors (Lipinski definition) is 4. The first-order valence-corrected chi connectivity index (χ1v) is 5.59. The van der Waals surface area contributed by atoms with Crippen molar-refractivity contribution in [1.82, 2.24) is 14.8 Å². The van der Waals surface area contributed by atoms with Gasteiger partial charge in [-0.25, -0.2) is 9.78 Å². The van der Waals surface area contributed by atoms with Gasteiger partial charge in [0.1, 0.15) is 0 Å². The first-order chi connectivity index (χ1) is 9.04. The first kappa shape index (κ1) is 12.8. The normalized spacial score (nSPS) is 10.8. The van der Waals surface area contributed by atoms with Gasteiger partial charge in [0, 0.05) is 24.9 Å². The smallest absolute Gasteiger partial charge is 0.328 e. The monoisotopic (exact) mass is 259 g/mol. The van der Waals surface area contributed by atoms with Crippen LogP contribution in [0.5, 0.6) is 11.6 Å². The molecule has 0 aliphatic rings. The number of aromatic nitrogens is 3. The molecule has 1 N–H and O–H groups in total. The molecule has 6 heteroatoms. The molecule has 0 radical (unpaired) electrons. The number of ether oxygens (including phenoxy) is 1. The standard InChI is InChI=1S/C13H13N3O3/c1-9-5-10(3-4-12(17)18)6-14-13(9)19-11-7-15-16(2)8-11/h3-8H,1-2H3,(H,17,18)/b4-3+. The molecule has 0 fully saturated rings. The van der Waals surface area contributed by atoms with E-state index < -0.39 is 5.97 Å². The number of carbonyl (C=O) groups is 1. The molecule has 2 aromatic rings. The summed E-state index contributed by atoms with van der Waals surface area (Å²) in [6.45, 7) is 1.84. The number of carboxylic acid groups (broad SMARTS) is 1. The maximum Gasteiger partial charge on any atom is 0.328 e. The van der Waals surface area contributed by atoms with Gasteiger partial charge in [-0.1, -0.05) is 0 Å². The lowest BCUT2D eigenvalue weighted by Crippen LogP contribution is -1.92. The van der Waals surface area contributed by atoms with Gasteiger partial charge in [-0.2, -0.15) is 5.10 Å². The van der Waals surface area contributed by atoms with Crippen molar-refractivity contribution in [2.24, 2.45) is 7.05 Å². The van der Waals surface area contributed by atoms with Crippen LogP contribution in [0.1, 0.15) is 11.1 Å². The second-order valence-corrected chi connectivity index (χ2v) is 4.01. The number of aliphatic carboxylic acids is 1. The molecule has 0 aromatic carbocycles. The summed E-state index contributed by atoms with van der Waals surface area (Å²) in [5, 5.41) is 12.6. The lowest BCUT2D eigenvalue weighted by molar-refractivity contribution is -0.131. The van der Waals surface area contributed by atoms with Crippen LogP contribution in [0.15, 0.2) is 30.7 Å². The van der Waals surface area contributed by atoms with Crippen LogP contribution in [0.4, 0.5) is 0 Å². The summed E-state index contributed by atoms with van der Waals surface area (Å²) in [4.78, 5) is 14.6. The van der Waals surface area contributed by atoms with Crippen LogP contribution >= 0.6 is 0 Å². The maximum absolute atomic E-state index is 10.4. The Balaban J connectivity index is 2.17. The highest BCUT2D eigenvalue weighted by Gasteiger charge is 2.05. The van der Waals surface area contributed by atoms with Crippen molar-refractivity contribution in [3.05, 3.63) is 41.9 Å². The average Bonchev–Trinajstić information content (AvgIpc) is 2.75. The van der Waals surface area contributed by atoms with Gasteiger partial charge in [-0.05, 0) is 24.6 Å². The van der Waals surface area contributed by atoms with Crippen LogP contribution < -0.4 is 4.74 Å². The largest absolute Gasteiger partial charge is 0.478 e. The fraction of sp³-hybridized carbons (Fsp3) is 0.154. The summed E-state index contributed by atoms with van der Waals surface area (Å²) in [5.74, 6) is 0.0840. The Kier molecular flexibility index (Phi) is 3.61. The highest BCUT2D eigenvalue weighted by Crippen LogP contribution is 2.22. The third-order valence-electron chi connectivity index (χ3n) is 2.37. The van der Waals surface area contributed by atoms with Gasteiger partial charge in [-0.3, -0.25) is 4.68 Å². The van der Waals surface area contributed by atoms with Gasteiger partial charge in [0.25, 0.3) is 0 Å². The van der Waals surface area contributed by atoms with Gasteiger partial charge in [0.2, 0.25) is 5.88 Å². The summed E-state index contributed by atoms with van der Waals surface area (Å²) in [6, 6.07) is 1.80. The summed E-state index contributed by atoms with van der Waals surface area (Å²) >= 11 is 0. The number of rotatable bonds is 4. The molecule has 0 bridgehead atoms. The van der Waals surface area contributed by atoms with Crippen LogP contribution in [-0.2, 0) is 11.8 Å². The van der Waals surface area contributed by atoms with Crippen molar-refractivity contribution < 1.29 is 14.6 Å². The van der Waals surface area contributed by atoms with Gasteiger partial charge in [0.05, 0.1) is 12.4 Å². The molecule has 0 saturated carbocycles. The zero-order valence-corrected chi connectivity index (χ0v) is 10.6. The van der Waals surface area contributed by atoms with E-state index in [4.69, 9.17) is 9.84 Å². The summed E-state index contributed by atoms with van der Waals surface area (Å²) in [5.41, 5.74) is 1.52. The first-order valence-electron chi connectivity index (χ1n) is 5.59. The Morgan fingerprint density at radius 2 is 2.26 bits per heavy atom. The molecule has 2 heterocycles. The Hall–Kier alpha value is -2.63. The van der Waals surface area contributed by atoms with E-state index in [-0.39, 0.29) is 0 Å². The van der Waals surface area contributed by atoms with Crippen LogP contribution in [0.25, 0.3) is 6.08 Å². The SMILES string of the molecule is Cc1cc(/C=C/C(=O)O)cnc1Oc1cnn(C)c1. The lowest BCUT2D eigenvalue weighted by Gasteiger charge is -2.05. The molecule has 0 spiro atoms. The summed E-state index contributed by atoms with van der Waals surface area (Å²) in [6.07, 6.45) is 7.44. The Morgan fingerprint density at radius 3 is 2.84 bits per heavy atom. The van der Waals surface area contributed by atoms with Gasteiger partial charge in [-0.15, -0.1) is 0 Å². The Morgan fingerprint density at radius 1 is 1.47 bits per heavy atom. The highest BCUT2D eigenvalue weighted by atomic mass is 16.5. The molecule has 0 aliphatic carbocycles. The van der Waals surface area contributed by atoms with E-state index in [9.17, 15) is 4.79 Å². The third kappa shape index (κ3) is 3.41. The minimum atomic E-state index is -0.992. The fourth-order valence-electron chi connectivity index (χ4n) is 1.51. The van der Waals surface area contributed by atoms with E-state index in [1.165, 1.54) is 6.08 Å². The highest BCUT2D eigenvalue weighted by molar-refractivity contribution is 5.85. The Labute approximate surface area is 110 Å². The quantitative estimate of drug-likeness (QED) is 0.850. The fourth-order valence-corrected chi connectivity index (χ4v) is 1.51. The summed E-state index contributed by atoms with van der Waals surface area (Å²) in [7, 11) is 1.80. The molecule has 0 atom stereocenters. The van der Waals surface area contributed by atoms with Crippen molar-refractivity contribution in [2.45, 2.75) is 6.92 Å². The van der Waals surface area contributed by atoms with E-state index in [0.29, 0.717) is 17.2 Å². The van der Waals surface area contributed by atoms with Crippen LogP contribution in [0.2, 0.25) is 0 Å². The average molecular weight is 259 g/mol. The van der Waals surface area contributed by atoms with Gasteiger partial charge in [0.15, 0.2) is 5.75 Å². The maximum atomic E-state index is 10.4. The van der Waals surface area contributed by atoms with Crippen molar-refractivity contribution in [2.75, 3.05) is 0 Å². The molecule has 19 heavy (non-hydrogen) atoms. The van der Waals surface area contributed by atoms with Crippen molar-refractivity contribution in [3.8, 4) is 11.6 Å². The molecule has 0 amide bonds. The number of nitrogens with zero attached hydrogens (tertiary/aromatic N) is 3. The van der Waals surface area contributed by atoms with Crippen LogP contribution in [-0.4, -0.2) is 25.8 Å². The second kappa shape index (κ2) is 5.34. The van der Waals surface area contributed by atoms with E-state index >= 15 is 0 Å². The van der Waals surface area contributed by atoms with Crippen LogP contribution in [0, 0.1) is 6.92 Å². The molecule has 6 nitrogen and oxygen atoms in total. The van der Waals surface area contributed by atoms with E-state index in [2.05, 4.69) is 10.1 Å². The third-order valence-corrected chi connectivity index (χ3v) is 2.37. The van der Waals surface area contributed by atoms with E-state index in [1.807, 2.05) is 6.92 Å². The van der Waals surface area contributed by atoms with Gasteiger partial charge >= 0.3 is 5.97 Å². The van der Waals surface area contributed by atoms with Crippen LogP contribution in [0.3, 0.4) is 0 Å². The van der Waals surface area contributed by atoms with Gasteiger partial charge < -0.3 is 9.84 Å². The molecular formula is C13H13N3O3. The van der Waals surface area contributed by atoms with E-state index in [0.717, 1.165) is 11.6 Å². The molecular weight excluding hydrogens is 246 g/mol. The Bertz CT molecular complexity index is 632. The predicted molar refractivity (Wildman–Crippen MR) is 68.9 cm³/mol. The molecule has 2 aromatic heterocycles. The van der Waals surface area contributed by atoms with Crippen molar-refractivity contribution in [3.63, 3.8) is 0 Å². The zero-order chi connectivity index (χ0) is 13.8. The summed E-state index contributed by atoms with van der Waals surface area (Å²) < 4.78 is 7.21. The zero-order valence-electron chi connectivity index (χ0n) is 10.6. The number of carboxylic acids is 1. The molecule has 0 aliphatic heterocycles. The van der Waals surface area contributed by atoms with Crippen molar-refractivity contribution in [1.29, 1.82) is 0 Å². The minimum Gasteiger partial charge on any atom is -0.478 e.